The fourth-order valence-corrected chi connectivity index (χ4v) is 1.46. The summed E-state index contributed by atoms with van der Waals surface area (Å²) in [6.45, 7) is 1.45. The fourth-order valence-electron chi connectivity index (χ4n) is 1.46. The maximum absolute atomic E-state index is 11.7. The van der Waals surface area contributed by atoms with Gasteiger partial charge in [0.1, 0.15) is 5.75 Å². The lowest BCUT2D eigenvalue weighted by Crippen LogP contribution is -2.39. The second-order valence-corrected chi connectivity index (χ2v) is 3.52. The largest absolute Gasteiger partial charge is 0.508 e. The van der Waals surface area contributed by atoms with Gasteiger partial charge < -0.3 is 15.7 Å². The van der Waals surface area contributed by atoms with Crippen molar-refractivity contribution in [2.45, 2.75) is 6.42 Å². The maximum Gasteiger partial charge on any atom is 0.290 e. The zero-order chi connectivity index (χ0) is 11.4. The topological polar surface area (TPSA) is 73.7 Å². The van der Waals surface area contributed by atoms with E-state index in [1.807, 2.05) is 0 Å². The van der Waals surface area contributed by atoms with Gasteiger partial charge in [-0.05, 0) is 18.6 Å². The summed E-state index contributed by atoms with van der Waals surface area (Å²) in [5.41, 5.74) is 0.556. The molecule has 0 spiro atoms. The van der Waals surface area contributed by atoms with Crippen LogP contribution in [0.15, 0.2) is 29.3 Å². The van der Waals surface area contributed by atoms with Crippen molar-refractivity contribution in [3.63, 3.8) is 0 Å². The molecule has 2 rings (SSSR count). The molecular weight excluding hydrogens is 206 g/mol. The van der Waals surface area contributed by atoms with E-state index in [0.717, 1.165) is 13.0 Å². The predicted molar refractivity (Wildman–Crippen MR) is 61.7 cm³/mol. The summed E-state index contributed by atoms with van der Waals surface area (Å²) < 4.78 is 0. The monoisotopic (exact) mass is 219 g/mol. The van der Waals surface area contributed by atoms with Crippen LogP contribution in [-0.2, 0) is 4.79 Å². The SMILES string of the molecule is O=C(Nc1cccc(O)c1)C1=NCCCN1. The van der Waals surface area contributed by atoms with Crippen molar-refractivity contribution in [3.05, 3.63) is 24.3 Å². The molecule has 0 saturated heterocycles. The number of rotatable bonds is 2. The molecule has 16 heavy (non-hydrogen) atoms. The van der Waals surface area contributed by atoms with Crippen molar-refractivity contribution in [1.29, 1.82) is 0 Å². The van der Waals surface area contributed by atoms with Gasteiger partial charge in [0.2, 0.25) is 0 Å². The van der Waals surface area contributed by atoms with Crippen LogP contribution >= 0.6 is 0 Å². The van der Waals surface area contributed by atoms with Crippen molar-refractivity contribution in [1.82, 2.24) is 5.32 Å². The number of benzene rings is 1. The molecule has 1 aliphatic heterocycles. The minimum absolute atomic E-state index is 0.122. The van der Waals surface area contributed by atoms with Gasteiger partial charge >= 0.3 is 0 Å². The molecule has 1 aromatic carbocycles. The molecule has 0 fully saturated rings. The Hall–Kier alpha value is -2.04. The number of carbonyl (C=O) groups excluding carboxylic acids is 1. The first kappa shape index (κ1) is 10.5. The van der Waals surface area contributed by atoms with Crippen molar-refractivity contribution >= 4 is 17.4 Å². The second kappa shape index (κ2) is 4.65. The number of aliphatic imine (C=N–C) groups is 1. The summed E-state index contributed by atoms with van der Waals surface area (Å²) in [6.07, 6.45) is 0.947. The minimum Gasteiger partial charge on any atom is -0.508 e. The number of hydrogen-bond acceptors (Lipinski definition) is 4. The van der Waals surface area contributed by atoms with E-state index in [1.165, 1.54) is 6.07 Å². The first-order valence-electron chi connectivity index (χ1n) is 5.14. The third-order valence-electron chi connectivity index (χ3n) is 2.22. The summed E-state index contributed by atoms with van der Waals surface area (Å²) in [5.74, 6) is 0.205. The third kappa shape index (κ3) is 2.50. The van der Waals surface area contributed by atoms with E-state index in [1.54, 1.807) is 18.2 Å². The van der Waals surface area contributed by atoms with E-state index in [2.05, 4.69) is 15.6 Å². The molecule has 0 radical (unpaired) electrons. The van der Waals surface area contributed by atoms with Crippen LogP contribution in [0.25, 0.3) is 0 Å². The van der Waals surface area contributed by atoms with Crippen molar-refractivity contribution < 1.29 is 9.90 Å². The number of anilines is 1. The number of phenolic OH excluding ortho intramolecular Hbond substituents is 1. The quantitative estimate of drug-likeness (QED) is 0.686. The van der Waals surface area contributed by atoms with E-state index >= 15 is 0 Å². The van der Waals surface area contributed by atoms with Gasteiger partial charge in [0.05, 0.1) is 0 Å². The Kier molecular flexibility index (Phi) is 3.05. The van der Waals surface area contributed by atoms with Crippen molar-refractivity contribution in [3.8, 4) is 5.75 Å². The van der Waals surface area contributed by atoms with E-state index in [0.29, 0.717) is 18.1 Å². The molecule has 0 atom stereocenters. The lowest BCUT2D eigenvalue weighted by molar-refractivity contribution is -0.110. The van der Waals surface area contributed by atoms with Crippen LogP contribution < -0.4 is 10.6 Å². The summed E-state index contributed by atoms with van der Waals surface area (Å²) in [4.78, 5) is 15.8. The summed E-state index contributed by atoms with van der Waals surface area (Å²) >= 11 is 0. The summed E-state index contributed by atoms with van der Waals surface area (Å²) in [7, 11) is 0. The Morgan fingerprint density at radius 1 is 1.50 bits per heavy atom. The Bertz CT molecular complexity index is 429. The van der Waals surface area contributed by atoms with Gasteiger partial charge in [-0.2, -0.15) is 0 Å². The first-order chi connectivity index (χ1) is 7.75. The van der Waals surface area contributed by atoms with E-state index < -0.39 is 0 Å². The van der Waals surface area contributed by atoms with Crippen molar-refractivity contribution in [2.75, 3.05) is 18.4 Å². The van der Waals surface area contributed by atoms with Crippen LogP contribution in [0.4, 0.5) is 5.69 Å². The van der Waals surface area contributed by atoms with Gasteiger partial charge in [0.25, 0.3) is 5.91 Å². The highest BCUT2D eigenvalue weighted by molar-refractivity contribution is 6.42. The second-order valence-electron chi connectivity index (χ2n) is 3.52. The van der Waals surface area contributed by atoms with E-state index in [-0.39, 0.29) is 11.7 Å². The number of amides is 1. The molecule has 5 heteroatoms. The molecule has 84 valence electrons. The number of nitrogens with zero attached hydrogens (tertiary/aromatic N) is 1. The number of amidine groups is 1. The standard InChI is InChI=1S/C11H13N3O2/c15-9-4-1-3-8(7-9)14-11(16)10-12-5-2-6-13-10/h1,3-4,7,15H,2,5-6H2,(H,12,13)(H,14,16). The van der Waals surface area contributed by atoms with E-state index in [4.69, 9.17) is 0 Å². The molecule has 0 aliphatic carbocycles. The lowest BCUT2D eigenvalue weighted by atomic mass is 10.3. The van der Waals surface area contributed by atoms with Crippen LogP contribution in [0.1, 0.15) is 6.42 Å². The number of hydrogen-bond donors (Lipinski definition) is 3. The van der Waals surface area contributed by atoms with Crippen LogP contribution in [0, 0.1) is 0 Å². The molecule has 0 saturated carbocycles. The zero-order valence-corrected chi connectivity index (χ0v) is 8.73. The van der Waals surface area contributed by atoms with Gasteiger partial charge in [-0.3, -0.25) is 9.79 Å². The Labute approximate surface area is 93.2 Å². The molecule has 1 amide bonds. The molecule has 1 heterocycles. The van der Waals surface area contributed by atoms with Crippen LogP contribution in [0.5, 0.6) is 5.75 Å². The molecule has 5 nitrogen and oxygen atoms in total. The van der Waals surface area contributed by atoms with Gasteiger partial charge in [-0.15, -0.1) is 0 Å². The van der Waals surface area contributed by atoms with Crippen LogP contribution in [0.3, 0.4) is 0 Å². The zero-order valence-electron chi connectivity index (χ0n) is 8.73. The molecule has 0 aromatic heterocycles. The smallest absolute Gasteiger partial charge is 0.290 e. The first-order valence-corrected chi connectivity index (χ1v) is 5.14. The highest BCUT2D eigenvalue weighted by Gasteiger charge is 2.13. The molecule has 1 aliphatic rings. The Morgan fingerprint density at radius 2 is 2.38 bits per heavy atom. The van der Waals surface area contributed by atoms with E-state index in [9.17, 15) is 9.90 Å². The van der Waals surface area contributed by atoms with Gasteiger partial charge in [-0.25, -0.2) is 0 Å². The maximum atomic E-state index is 11.7. The Balaban J connectivity index is 2.04. The van der Waals surface area contributed by atoms with Crippen LogP contribution in [0.2, 0.25) is 0 Å². The van der Waals surface area contributed by atoms with Gasteiger partial charge in [0.15, 0.2) is 5.84 Å². The minimum atomic E-state index is -0.273. The molecule has 1 aromatic rings. The summed E-state index contributed by atoms with van der Waals surface area (Å²) in [5, 5.41) is 14.8. The third-order valence-corrected chi connectivity index (χ3v) is 2.22. The normalized spacial score (nSPS) is 14.9. The molecular formula is C11H13N3O2. The average molecular weight is 219 g/mol. The predicted octanol–water partition coefficient (Wildman–Crippen LogP) is 0.723. The number of aromatic hydroxyl groups is 1. The number of phenols is 1. The molecule has 3 N–H and O–H groups in total. The van der Waals surface area contributed by atoms with Crippen LogP contribution in [-0.4, -0.2) is 29.9 Å². The average Bonchev–Trinajstić information content (AvgIpc) is 2.30. The molecule has 0 unspecified atom stereocenters. The number of nitrogens with one attached hydrogen (secondary N) is 2. The highest BCUT2D eigenvalue weighted by Crippen LogP contribution is 2.15. The van der Waals surface area contributed by atoms with Crippen molar-refractivity contribution in [2.24, 2.45) is 4.99 Å². The molecule has 0 bridgehead atoms. The fraction of sp³-hybridized carbons (Fsp3) is 0.273. The van der Waals surface area contributed by atoms with Gasteiger partial charge in [-0.1, -0.05) is 6.07 Å². The Morgan fingerprint density at radius 3 is 3.06 bits per heavy atom. The lowest BCUT2D eigenvalue weighted by Gasteiger charge is -2.14. The van der Waals surface area contributed by atoms with Gasteiger partial charge in [0, 0.05) is 24.8 Å². The number of carbonyl (C=O) groups is 1. The summed E-state index contributed by atoms with van der Waals surface area (Å²) in [6, 6.07) is 6.41. The highest BCUT2D eigenvalue weighted by atomic mass is 16.3.